The third-order valence-electron chi connectivity index (χ3n) is 1.70. The molecule has 11 heavy (non-hydrogen) atoms. The van der Waals surface area contributed by atoms with E-state index in [1.165, 1.54) is 0 Å². The van der Waals surface area contributed by atoms with Crippen LogP contribution in [-0.2, 0) is 5.41 Å². The Bertz CT molecular complexity index is 255. The van der Waals surface area contributed by atoms with E-state index in [-0.39, 0.29) is 5.41 Å². The highest BCUT2D eigenvalue weighted by Crippen LogP contribution is 2.26. The van der Waals surface area contributed by atoms with E-state index < -0.39 is 0 Å². The van der Waals surface area contributed by atoms with Gasteiger partial charge in [0, 0.05) is 5.41 Å². The van der Waals surface area contributed by atoms with Crippen molar-refractivity contribution in [3.63, 3.8) is 0 Å². The Morgan fingerprint density at radius 2 is 1.91 bits per heavy atom. The van der Waals surface area contributed by atoms with Crippen LogP contribution in [0.1, 0.15) is 32.2 Å². The molecule has 0 fully saturated rings. The Balaban J connectivity index is 3.15. The smallest absolute Gasteiger partial charge is 0.0907 e. The highest BCUT2D eigenvalue weighted by atomic mass is 15.1. The van der Waals surface area contributed by atoms with Crippen LogP contribution in [0.2, 0.25) is 0 Å². The highest BCUT2D eigenvalue weighted by Gasteiger charge is 2.20. The van der Waals surface area contributed by atoms with Gasteiger partial charge in [-0.25, -0.2) is 0 Å². The number of rotatable bonds is 0. The van der Waals surface area contributed by atoms with Crippen LogP contribution in [0, 0.1) is 6.92 Å². The van der Waals surface area contributed by atoms with E-state index in [0.717, 1.165) is 17.1 Å². The van der Waals surface area contributed by atoms with E-state index in [4.69, 9.17) is 5.73 Å². The van der Waals surface area contributed by atoms with Crippen LogP contribution < -0.4 is 5.73 Å². The van der Waals surface area contributed by atoms with Crippen molar-refractivity contribution < 1.29 is 0 Å². The first-order valence-corrected chi connectivity index (χ1v) is 3.74. The molecule has 1 rings (SSSR count). The van der Waals surface area contributed by atoms with Crippen molar-refractivity contribution in [2.75, 3.05) is 5.73 Å². The van der Waals surface area contributed by atoms with Gasteiger partial charge in [-0.05, 0) is 6.92 Å². The Morgan fingerprint density at radius 1 is 1.36 bits per heavy atom. The molecular formula is C8H15N3. The number of aryl methyl sites for hydroxylation is 1. The van der Waals surface area contributed by atoms with Gasteiger partial charge in [0.25, 0.3) is 0 Å². The average Bonchev–Trinajstić information content (AvgIpc) is 2.11. The zero-order valence-electron chi connectivity index (χ0n) is 7.52. The maximum atomic E-state index is 5.79. The molecule has 0 saturated heterocycles. The van der Waals surface area contributed by atoms with Gasteiger partial charge in [-0.2, -0.15) is 5.10 Å². The maximum absolute atomic E-state index is 5.79. The fourth-order valence-electron chi connectivity index (χ4n) is 1.01. The predicted octanol–water partition coefficient (Wildman–Crippen LogP) is 1.60. The number of nitrogens with zero attached hydrogens (tertiary/aromatic N) is 1. The minimum absolute atomic E-state index is 0.0366. The van der Waals surface area contributed by atoms with Gasteiger partial charge in [-0.15, -0.1) is 0 Å². The largest absolute Gasteiger partial charge is 0.396 e. The predicted molar refractivity (Wildman–Crippen MR) is 46.4 cm³/mol. The zero-order chi connectivity index (χ0) is 8.65. The Kier molecular flexibility index (Phi) is 1.66. The second-order valence-corrected chi connectivity index (χ2v) is 3.86. The number of nitrogens with two attached hydrogens (primary N) is 1. The van der Waals surface area contributed by atoms with Crippen LogP contribution in [0.5, 0.6) is 0 Å². The van der Waals surface area contributed by atoms with Crippen molar-refractivity contribution in [2.45, 2.75) is 33.1 Å². The summed E-state index contributed by atoms with van der Waals surface area (Å²) in [6.07, 6.45) is 0. The molecule has 3 nitrogen and oxygen atoms in total. The van der Waals surface area contributed by atoms with E-state index in [2.05, 4.69) is 31.0 Å². The fraction of sp³-hybridized carbons (Fsp3) is 0.625. The second-order valence-electron chi connectivity index (χ2n) is 3.86. The molecule has 0 amide bonds. The molecule has 0 aromatic carbocycles. The number of nitrogen functional groups attached to an aromatic ring is 1. The maximum Gasteiger partial charge on any atom is 0.0907 e. The first kappa shape index (κ1) is 8.11. The van der Waals surface area contributed by atoms with Gasteiger partial charge in [0.1, 0.15) is 0 Å². The topological polar surface area (TPSA) is 54.7 Å². The monoisotopic (exact) mass is 153 g/mol. The molecule has 0 aliphatic carbocycles. The molecule has 0 atom stereocenters. The van der Waals surface area contributed by atoms with Gasteiger partial charge in [-0.1, -0.05) is 20.8 Å². The second kappa shape index (κ2) is 2.26. The molecule has 1 heterocycles. The van der Waals surface area contributed by atoms with E-state index >= 15 is 0 Å². The standard InChI is InChI=1S/C8H15N3/c1-5-6(9)7(11-10-5)8(2,3)4/h9H2,1-4H3,(H,10,11). The lowest BCUT2D eigenvalue weighted by Gasteiger charge is -2.15. The van der Waals surface area contributed by atoms with Gasteiger partial charge >= 0.3 is 0 Å². The molecule has 0 saturated carbocycles. The summed E-state index contributed by atoms with van der Waals surface area (Å²) < 4.78 is 0. The van der Waals surface area contributed by atoms with Crippen molar-refractivity contribution in [1.82, 2.24) is 10.2 Å². The molecule has 0 aliphatic rings. The van der Waals surface area contributed by atoms with E-state index in [1.54, 1.807) is 0 Å². The molecule has 62 valence electrons. The summed E-state index contributed by atoms with van der Waals surface area (Å²) in [4.78, 5) is 0. The molecule has 0 radical (unpaired) electrons. The number of H-pyrrole nitrogens is 1. The molecule has 1 aromatic heterocycles. The summed E-state index contributed by atoms with van der Waals surface area (Å²) in [5.74, 6) is 0. The molecule has 0 aliphatic heterocycles. The lowest BCUT2D eigenvalue weighted by Crippen LogP contribution is -2.13. The van der Waals surface area contributed by atoms with E-state index in [9.17, 15) is 0 Å². The first-order chi connectivity index (χ1) is 4.93. The number of nitrogens with one attached hydrogen (secondary N) is 1. The number of hydrogen-bond acceptors (Lipinski definition) is 2. The Morgan fingerprint density at radius 3 is 2.09 bits per heavy atom. The molecular weight excluding hydrogens is 138 g/mol. The van der Waals surface area contributed by atoms with Gasteiger partial charge in [0.2, 0.25) is 0 Å². The van der Waals surface area contributed by atoms with Crippen molar-refractivity contribution >= 4 is 5.69 Å². The van der Waals surface area contributed by atoms with Gasteiger partial charge in [0.05, 0.1) is 17.1 Å². The summed E-state index contributed by atoms with van der Waals surface area (Å²) in [5, 5.41) is 7.01. The molecule has 0 spiro atoms. The van der Waals surface area contributed by atoms with E-state index in [0.29, 0.717) is 0 Å². The number of aromatic nitrogens is 2. The molecule has 0 bridgehead atoms. The first-order valence-electron chi connectivity index (χ1n) is 3.74. The summed E-state index contributed by atoms with van der Waals surface area (Å²) in [7, 11) is 0. The summed E-state index contributed by atoms with van der Waals surface area (Å²) in [6.45, 7) is 8.22. The van der Waals surface area contributed by atoms with Crippen LogP contribution in [-0.4, -0.2) is 10.2 Å². The minimum atomic E-state index is 0.0366. The molecule has 3 N–H and O–H groups in total. The third kappa shape index (κ3) is 1.37. The number of hydrogen-bond donors (Lipinski definition) is 2. The lowest BCUT2D eigenvalue weighted by atomic mass is 9.91. The normalized spacial score (nSPS) is 12.0. The fourth-order valence-corrected chi connectivity index (χ4v) is 1.01. The molecule has 1 aromatic rings. The quantitative estimate of drug-likeness (QED) is 0.594. The zero-order valence-corrected chi connectivity index (χ0v) is 7.52. The van der Waals surface area contributed by atoms with Crippen LogP contribution in [0.25, 0.3) is 0 Å². The number of anilines is 1. The third-order valence-corrected chi connectivity index (χ3v) is 1.70. The van der Waals surface area contributed by atoms with Crippen molar-refractivity contribution in [2.24, 2.45) is 0 Å². The van der Waals surface area contributed by atoms with Crippen molar-refractivity contribution in [3.8, 4) is 0 Å². The van der Waals surface area contributed by atoms with Crippen LogP contribution in [0.15, 0.2) is 0 Å². The van der Waals surface area contributed by atoms with Crippen LogP contribution in [0.4, 0.5) is 5.69 Å². The SMILES string of the molecule is Cc1[nH]nc(C(C)(C)C)c1N. The molecule has 0 unspecified atom stereocenters. The summed E-state index contributed by atoms with van der Waals surface area (Å²) in [6, 6.07) is 0. The highest BCUT2D eigenvalue weighted by molar-refractivity contribution is 5.49. The van der Waals surface area contributed by atoms with Gasteiger partial charge < -0.3 is 5.73 Å². The van der Waals surface area contributed by atoms with Crippen LogP contribution >= 0.6 is 0 Å². The Labute approximate surface area is 67.0 Å². The van der Waals surface area contributed by atoms with Gasteiger partial charge in [-0.3, -0.25) is 5.10 Å². The van der Waals surface area contributed by atoms with Crippen LogP contribution in [0.3, 0.4) is 0 Å². The minimum Gasteiger partial charge on any atom is -0.396 e. The molecule has 3 heteroatoms. The summed E-state index contributed by atoms with van der Waals surface area (Å²) >= 11 is 0. The lowest BCUT2D eigenvalue weighted by molar-refractivity contribution is 0.569. The summed E-state index contributed by atoms with van der Waals surface area (Å²) in [5.41, 5.74) is 8.53. The average molecular weight is 153 g/mol. The van der Waals surface area contributed by atoms with Crippen molar-refractivity contribution in [1.29, 1.82) is 0 Å². The van der Waals surface area contributed by atoms with Crippen molar-refractivity contribution in [3.05, 3.63) is 11.4 Å². The van der Waals surface area contributed by atoms with E-state index in [1.807, 2.05) is 6.92 Å². The van der Waals surface area contributed by atoms with Gasteiger partial charge in [0.15, 0.2) is 0 Å². The Hall–Kier alpha value is -0.990. The number of aromatic amines is 1.